The molecule has 19 heavy (non-hydrogen) atoms. The van der Waals surface area contributed by atoms with Crippen LogP contribution < -0.4 is 16.2 Å². The molecule has 4 N–H and O–H groups in total. The van der Waals surface area contributed by atoms with E-state index in [9.17, 15) is 14.4 Å². The number of benzene rings is 1. The summed E-state index contributed by atoms with van der Waals surface area (Å²) in [4.78, 5) is 34.4. The Morgan fingerprint density at radius 1 is 1.05 bits per heavy atom. The van der Waals surface area contributed by atoms with Crippen LogP contribution >= 0.6 is 0 Å². The normalized spacial score (nSPS) is 9.95. The van der Waals surface area contributed by atoms with E-state index < -0.39 is 11.5 Å². The molecule has 0 saturated heterocycles. The number of amides is 2. The van der Waals surface area contributed by atoms with Gasteiger partial charge >= 0.3 is 0 Å². The SMILES string of the molecule is CC(=O)Nc1[nH][nH]c(=O)c1NC(=O)c1ccccc1. The van der Waals surface area contributed by atoms with Crippen molar-refractivity contribution in [3.05, 3.63) is 46.2 Å². The molecule has 0 radical (unpaired) electrons. The summed E-state index contributed by atoms with van der Waals surface area (Å²) in [5.74, 6) is -0.662. The average Bonchev–Trinajstić information content (AvgIpc) is 2.72. The molecule has 0 fully saturated rings. The van der Waals surface area contributed by atoms with E-state index in [0.717, 1.165) is 0 Å². The lowest BCUT2D eigenvalue weighted by Gasteiger charge is -2.05. The van der Waals surface area contributed by atoms with E-state index in [2.05, 4.69) is 20.8 Å². The van der Waals surface area contributed by atoms with Gasteiger partial charge in [0.05, 0.1) is 0 Å². The molecular weight excluding hydrogens is 248 g/mol. The number of H-pyrrole nitrogens is 2. The molecule has 0 bridgehead atoms. The Balaban J connectivity index is 2.24. The number of carbonyl (C=O) groups is 2. The topological polar surface area (TPSA) is 107 Å². The van der Waals surface area contributed by atoms with Gasteiger partial charge in [-0.15, -0.1) is 0 Å². The molecule has 0 unspecified atom stereocenters. The summed E-state index contributed by atoms with van der Waals surface area (Å²) in [6.45, 7) is 1.30. The van der Waals surface area contributed by atoms with Crippen LogP contribution in [0.3, 0.4) is 0 Å². The van der Waals surface area contributed by atoms with Gasteiger partial charge in [-0.2, -0.15) is 0 Å². The maximum absolute atomic E-state index is 11.9. The molecule has 0 spiro atoms. The first-order valence-corrected chi connectivity index (χ1v) is 5.52. The molecule has 1 aromatic heterocycles. The zero-order chi connectivity index (χ0) is 13.8. The summed E-state index contributed by atoms with van der Waals surface area (Å²) >= 11 is 0. The fourth-order valence-electron chi connectivity index (χ4n) is 1.52. The molecule has 1 aromatic carbocycles. The van der Waals surface area contributed by atoms with Crippen LogP contribution in [0, 0.1) is 0 Å². The number of nitrogens with one attached hydrogen (secondary N) is 4. The Morgan fingerprint density at radius 2 is 1.74 bits per heavy atom. The van der Waals surface area contributed by atoms with E-state index in [0.29, 0.717) is 5.56 Å². The first-order valence-electron chi connectivity index (χ1n) is 5.52. The first kappa shape index (κ1) is 12.6. The Hall–Kier alpha value is -2.83. The largest absolute Gasteiger partial charge is 0.314 e. The summed E-state index contributed by atoms with van der Waals surface area (Å²) < 4.78 is 0. The van der Waals surface area contributed by atoms with Gasteiger partial charge < -0.3 is 10.6 Å². The lowest BCUT2D eigenvalue weighted by Crippen LogP contribution is -2.18. The van der Waals surface area contributed by atoms with Crippen LogP contribution in [0.2, 0.25) is 0 Å². The summed E-state index contributed by atoms with van der Waals surface area (Å²) in [7, 11) is 0. The second-order valence-electron chi connectivity index (χ2n) is 3.83. The molecule has 0 aliphatic heterocycles. The molecule has 1 heterocycles. The monoisotopic (exact) mass is 260 g/mol. The van der Waals surface area contributed by atoms with Crippen LogP contribution in [-0.4, -0.2) is 22.0 Å². The van der Waals surface area contributed by atoms with Crippen molar-refractivity contribution in [2.24, 2.45) is 0 Å². The number of hydrogen-bond donors (Lipinski definition) is 4. The van der Waals surface area contributed by atoms with Gasteiger partial charge in [0.15, 0.2) is 11.5 Å². The lowest BCUT2D eigenvalue weighted by molar-refractivity contribution is -0.114. The molecule has 0 saturated carbocycles. The van der Waals surface area contributed by atoms with Crippen molar-refractivity contribution in [1.29, 1.82) is 0 Å². The molecular formula is C12H12N4O3. The molecule has 2 amide bonds. The average molecular weight is 260 g/mol. The van der Waals surface area contributed by atoms with Gasteiger partial charge in [-0.1, -0.05) is 18.2 Å². The highest BCUT2D eigenvalue weighted by Crippen LogP contribution is 2.14. The zero-order valence-corrected chi connectivity index (χ0v) is 10.1. The molecule has 2 rings (SSSR count). The Kier molecular flexibility index (Phi) is 3.46. The maximum atomic E-state index is 11.9. The molecule has 98 valence electrons. The van der Waals surface area contributed by atoms with Crippen LogP contribution in [0.1, 0.15) is 17.3 Å². The standard InChI is InChI=1S/C12H12N4O3/c1-7(17)13-10-9(12(19)16-15-10)14-11(18)8-5-3-2-4-6-8/h2-6H,1H3,(H,14,18)(H3,13,15,16,17,19). The highest BCUT2D eigenvalue weighted by atomic mass is 16.2. The first-order chi connectivity index (χ1) is 9.08. The second kappa shape index (κ2) is 5.21. The third-order valence-corrected chi connectivity index (χ3v) is 2.35. The van der Waals surface area contributed by atoms with E-state index in [1.165, 1.54) is 6.92 Å². The minimum Gasteiger partial charge on any atom is -0.314 e. The smallest absolute Gasteiger partial charge is 0.290 e. The molecule has 7 nitrogen and oxygen atoms in total. The third-order valence-electron chi connectivity index (χ3n) is 2.35. The zero-order valence-electron chi connectivity index (χ0n) is 10.1. The van der Waals surface area contributed by atoms with Gasteiger partial charge in [-0.05, 0) is 12.1 Å². The van der Waals surface area contributed by atoms with Crippen molar-refractivity contribution >= 4 is 23.3 Å². The number of hydrogen-bond acceptors (Lipinski definition) is 3. The summed E-state index contributed by atoms with van der Waals surface area (Å²) in [6.07, 6.45) is 0. The summed E-state index contributed by atoms with van der Waals surface area (Å²) in [6, 6.07) is 8.45. The molecule has 7 heteroatoms. The Bertz CT molecular complexity index is 657. The number of aromatic nitrogens is 2. The Morgan fingerprint density at radius 3 is 2.37 bits per heavy atom. The van der Waals surface area contributed by atoms with Crippen LogP contribution in [0.25, 0.3) is 0 Å². The lowest BCUT2D eigenvalue weighted by atomic mass is 10.2. The van der Waals surface area contributed by atoms with Gasteiger partial charge in [-0.25, -0.2) is 0 Å². The van der Waals surface area contributed by atoms with Crippen molar-refractivity contribution in [1.82, 2.24) is 10.2 Å². The van der Waals surface area contributed by atoms with Gasteiger partial charge in [0.1, 0.15) is 0 Å². The maximum Gasteiger partial charge on any atom is 0.290 e. The van der Waals surface area contributed by atoms with Gasteiger partial charge in [0, 0.05) is 12.5 Å². The highest BCUT2D eigenvalue weighted by Gasteiger charge is 2.14. The molecule has 0 aliphatic carbocycles. The van der Waals surface area contributed by atoms with Crippen LogP contribution in [0.5, 0.6) is 0 Å². The predicted octanol–water partition coefficient (Wildman–Crippen LogP) is 0.914. The van der Waals surface area contributed by atoms with Gasteiger partial charge in [-0.3, -0.25) is 24.6 Å². The summed E-state index contributed by atoms with van der Waals surface area (Å²) in [5.41, 5.74) is -0.131. The quantitative estimate of drug-likeness (QED) is 0.659. The van der Waals surface area contributed by atoms with E-state index in [1.807, 2.05) is 0 Å². The van der Waals surface area contributed by atoms with E-state index in [1.54, 1.807) is 30.3 Å². The van der Waals surface area contributed by atoms with Crippen molar-refractivity contribution in [3.63, 3.8) is 0 Å². The number of aromatic amines is 2. The minimum absolute atomic E-state index is 0.0240. The van der Waals surface area contributed by atoms with Crippen LogP contribution in [-0.2, 0) is 4.79 Å². The summed E-state index contributed by atoms with van der Waals surface area (Å²) in [5, 5.41) is 9.63. The second-order valence-corrected chi connectivity index (χ2v) is 3.83. The van der Waals surface area contributed by atoms with Crippen molar-refractivity contribution < 1.29 is 9.59 Å². The van der Waals surface area contributed by atoms with Crippen molar-refractivity contribution in [2.75, 3.05) is 10.6 Å². The number of carbonyl (C=O) groups excluding carboxylic acids is 2. The molecule has 0 aliphatic rings. The van der Waals surface area contributed by atoms with Crippen LogP contribution in [0.4, 0.5) is 11.5 Å². The Labute approximate surface area is 108 Å². The number of anilines is 2. The van der Waals surface area contributed by atoms with Gasteiger partial charge in [0.2, 0.25) is 5.91 Å². The molecule has 0 atom stereocenters. The van der Waals surface area contributed by atoms with E-state index in [-0.39, 0.29) is 17.4 Å². The van der Waals surface area contributed by atoms with E-state index in [4.69, 9.17) is 0 Å². The molecule has 2 aromatic rings. The van der Waals surface area contributed by atoms with Crippen LogP contribution in [0.15, 0.2) is 35.1 Å². The third kappa shape index (κ3) is 2.89. The van der Waals surface area contributed by atoms with Crippen molar-refractivity contribution in [3.8, 4) is 0 Å². The van der Waals surface area contributed by atoms with E-state index >= 15 is 0 Å². The fourth-order valence-corrected chi connectivity index (χ4v) is 1.52. The predicted molar refractivity (Wildman–Crippen MR) is 70.1 cm³/mol. The minimum atomic E-state index is -0.520. The van der Waals surface area contributed by atoms with Gasteiger partial charge in [0.25, 0.3) is 11.5 Å². The highest BCUT2D eigenvalue weighted by molar-refractivity contribution is 6.06. The fraction of sp³-hybridized carbons (Fsp3) is 0.0833. The number of rotatable bonds is 3. The van der Waals surface area contributed by atoms with Crippen molar-refractivity contribution in [2.45, 2.75) is 6.92 Å².